The smallest absolute Gasteiger partial charge is 0.320 e. The second-order valence-electron chi connectivity index (χ2n) is 14.2. The van der Waals surface area contributed by atoms with Gasteiger partial charge in [0.1, 0.15) is 23.1 Å². The van der Waals surface area contributed by atoms with Gasteiger partial charge in [0.15, 0.2) is 0 Å². The lowest BCUT2D eigenvalue weighted by atomic mass is 9.87. The molecule has 236 valence electrons. The van der Waals surface area contributed by atoms with Crippen LogP contribution < -0.4 is 0 Å². The molecular weight excluding hydrogens is 536 g/mol. The molecule has 1 aliphatic rings. The number of rotatable bonds is 12. The molecule has 1 aromatic rings. The van der Waals surface area contributed by atoms with Crippen LogP contribution in [-0.2, 0) is 46.4 Å². The van der Waals surface area contributed by atoms with E-state index in [1.807, 2.05) is 91.5 Å². The van der Waals surface area contributed by atoms with E-state index in [9.17, 15) is 19.2 Å². The van der Waals surface area contributed by atoms with Crippen LogP contribution >= 0.6 is 0 Å². The Balaban J connectivity index is 2.43. The van der Waals surface area contributed by atoms with Crippen molar-refractivity contribution in [1.82, 2.24) is 9.80 Å². The largest absolute Gasteiger partial charge is 0.459 e. The summed E-state index contributed by atoms with van der Waals surface area (Å²) in [5.41, 5.74) is -0.0593. The van der Waals surface area contributed by atoms with Crippen LogP contribution in [0.1, 0.15) is 99.1 Å². The highest BCUT2D eigenvalue weighted by molar-refractivity contribution is 5.75. The molecule has 0 unspecified atom stereocenters. The van der Waals surface area contributed by atoms with E-state index in [0.717, 1.165) is 43.1 Å². The second-order valence-corrected chi connectivity index (χ2v) is 14.2. The summed E-state index contributed by atoms with van der Waals surface area (Å²) in [7, 11) is 0. The van der Waals surface area contributed by atoms with Crippen LogP contribution in [0.15, 0.2) is 24.3 Å². The second kappa shape index (κ2) is 15.1. The van der Waals surface area contributed by atoms with E-state index in [4.69, 9.17) is 14.2 Å². The number of hydrogen-bond acceptors (Lipinski definition) is 9. The monoisotopic (exact) mass is 588 g/mol. The minimum Gasteiger partial charge on any atom is -0.459 e. The van der Waals surface area contributed by atoms with Crippen LogP contribution in [0.4, 0.5) is 0 Å². The first-order valence-electron chi connectivity index (χ1n) is 15.0. The van der Waals surface area contributed by atoms with E-state index < -0.39 is 28.7 Å². The number of nitrogens with zero attached hydrogens (tertiary/aromatic N) is 2. The number of hydrogen-bond donors (Lipinski definition) is 0. The van der Waals surface area contributed by atoms with Gasteiger partial charge in [-0.1, -0.05) is 37.1 Å². The number of esters is 3. The van der Waals surface area contributed by atoms with Crippen LogP contribution in [-0.4, -0.2) is 82.5 Å². The summed E-state index contributed by atoms with van der Waals surface area (Å²) in [5, 5.41) is 0. The van der Waals surface area contributed by atoms with Crippen molar-refractivity contribution in [1.29, 1.82) is 0 Å². The molecule has 1 aromatic carbocycles. The Morgan fingerprint density at radius 3 is 1.40 bits per heavy atom. The number of carbonyl (C=O) groups is 4. The standard InChI is InChI=1S/C33H52N2O7/c1-31(2,3)40-28(37)21-34(20-25-16-14-24(15-17-25)18-19-36)26-12-10-11-13-27(26)35(22-29(38)41-32(4,5)6)23-30(39)42-33(7,8)9/h14-17,19,26-27H,10-13,18,20-23H2,1-9H3/t26-,27-/m1/s1. The van der Waals surface area contributed by atoms with Gasteiger partial charge in [-0.3, -0.25) is 24.2 Å². The zero-order valence-corrected chi connectivity index (χ0v) is 27.2. The van der Waals surface area contributed by atoms with Crippen molar-refractivity contribution in [3.05, 3.63) is 35.4 Å². The van der Waals surface area contributed by atoms with Gasteiger partial charge < -0.3 is 19.0 Å². The molecule has 0 heterocycles. The van der Waals surface area contributed by atoms with Gasteiger partial charge in [-0.2, -0.15) is 0 Å². The Labute approximate surface area is 252 Å². The average Bonchev–Trinajstić information content (AvgIpc) is 2.81. The van der Waals surface area contributed by atoms with Gasteiger partial charge in [0, 0.05) is 25.0 Å². The SMILES string of the molecule is CC(C)(C)OC(=O)CN(CC(=O)OC(C)(C)C)[C@@H]1CCCC[C@H]1N(CC(=O)OC(C)(C)C)Cc1ccc(CC=O)cc1. The van der Waals surface area contributed by atoms with Gasteiger partial charge in [0.25, 0.3) is 0 Å². The molecule has 2 atom stereocenters. The summed E-state index contributed by atoms with van der Waals surface area (Å²) >= 11 is 0. The van der Waals surface area contributed by atoms with Gasteiger partial charge in [0.2, 0.25) is 0 Å². The Morgan fingerprint density at radius 2 is 1.02 bits per heavy atom. The maximum absolute atomic E-state index is 13.1. The molecule has 0 bridgehead atoms. The molecule has 0 radical (unpaired) electrons. The maximum atomic E-state index is 13.1. The molecule has 0 saturated heterocycles. The van der Waals surface area contributed by atoms with Gasteiger partial charge >= 0.3 is 17.9 Å². The lowest BCUT2D eigenvalue weighted by molar-refractivity contribution is -0.164. The van der Waals surface area contributed by atoms with Gasteiger partial charge in [-0.05, 0) is 86.3 Å². The van der Waals surface area contributed by atoms with Crippen LogP contribution in [0.2, 0.25) is 0 Å². The molecule has 0 aliphatic heterocycles. The van der Waals surface area contributed by atoms with Crippen molar-refractivity contribution in [2.45, 2.75) is 130 Å². The third kappa shape index (κ3) is 13.5. The Morgan fingerprint density at radius 1 is 0.667 bits per heavy atom. The molecule has 1 aliphatic carbocycles. The first-order valence-corrected chi connectivity index (χ1v) is 15.0. The van der Waals surface area contributed by atoms with Crippen molar-refractivity contribution in [3.63, 3.8) is 0 Å². The minimum absolute atomic E-state index is 0.0568. The molecule has 1 saturated carbocycles. The number of benzene rings is 1. The first kappa shape index (κ1) is 35.4. The Bertz CT molecular complexity index is 1020. The fraction of sp³-hybridized carbons (Fsp3) is 0.697. The van der Waals surface area contributed by atoms with Crippen LogP contribution in [0, 0.1) is 0 Å². The molecule has 9 heteroatoms. The van der Waals surface area contributed by atoms with E-state index in [-0.39, 0.29) is 37.7 Å². The van der Waals surface area contributed by atoms with Crippen molar-refractivity contribution in [3.8, 4) is 0 Å². The maximum Gasteiger partial charge on any atom is 0.320 e. The van der Waals surface area contributed by atoms with E-state index in [2.05, 4.69) is 4.90 Å². The summed E-state index contributed by atoms with van der Waals surface area (Å²) in [5.74, 6) is -1.17. The summed E-state index contributed by atoms with van der Waals surface area (Å²) in [4.78, 5) is 54.1. The summed E-state index contributed by atoms with van der Waals surface area (Å²) in [6, 6.07) is 7.45. The number of ether oxygens (including phenoxy) is 3. The molecule has 9 nitrogen and oxygen atoms in total. The zero-order valence-electron chi connectivity index (χ0n) is 27.2. The lowest BCUT2D eigenvalue weighted by Crippen LogP contribution is -2.57. The predicted molar refractivity (Wildman–Crippen MR) is 162 cm³/mol. The molecular formula is C33H52N2O7. The highest BCUT2D eigenvalue weighted by Gasteiger charge is 2.38. The van der Waals surface area contributed by atoms with Crippen molar-refractivity contribution in [2.75, 3.05) is 19.6 Å². The van der Waals surface area contributed by atoms with Crippen LogP contribution in [0.3, 0.4) is 0 Å². The third-order valence-electron chi connectivity index (χ3n) is 6.62. The summed E-state index contributed by atoms with van der Waals surface area (Å²) in [6.45, 7) is 16.8. The van der Waals surface area contributed by atoms with Crippen LogP contribution in [0.5, 0.6) is 0 Å². The molecule has 2 rings (SSSR count). The normalized spacial score (nSPS) is 18.1. The predicted octanol–water partition coefficient (Wildman–Crippen LogP) is 4.87. The molecule has 0 amide bonds. The Hall–Kier alpha value is -2.78. The quantitative estimate of drug-likeness (QED) is 0.192. The highest BCUT2D eigenvalue weighted by atomic mass is 16.6. The van der Waals surface area contributed by atoms with Crippen molar-refractivity contribution in [2.24, 2.45) is 0 Å². The van der Waals surface area contributed by atoms with Crippen molar-refractivity contribution >= 4 is 24.2 Å². The molecule has 0 spiro atoms. The zero-order chi connectivity index (χ0) is 31.7. The number of carbonyl (C=O) groups excluding carboxylic acids is 4. The van der Waals surface area contributed by atoms with E-state index in [0.29, 0.717) is 13.0 Å². The molecule has 0 aromatic heterocycles. The Kier molecular flexibility index (Phi) is 12.7. The van der Waals surface area contributed by atoms with E-state index in [1.54, 1.807) is 0 Å². The fourth-order valence-corrected chi connectivity index (χ4v) is 5.25. The third-order valence-corrected chi connectivity index (χ3v) is 6.62. The summed E-state index contributed by atoms with van der Waals surface area (Å²) < 4.78 is 17.0. The number of aldehydes is 1. The molecule has 42 heavy (non-hydrogen) atoms. The minimum atomic E-state index is -0.667. The molecule has 1 fully saturated rings. The topological polar surface area (TPSA) is 102 Å². The van der Waals surface area contributed by atoms with Gasteiger partial charge in [0.05, 0.1) is 19.6 Å². The van der Waals surface area contributed by atoms with E-state index >= 15 is 0 Å². The van der Waals surface area contributed by atoms with E-state index in [1.165, 1.54) is 0 Å². The summed E-state index contributed by atoms with van der Waals surface area (Å²) in [6.07, 6.45) is 4.64. The van der Waals surface area contributed by atoms with Gasteiger partial charge in [-0.25, -0.2) is 0 Å². The highest BCUT2D eigenvalue weighted by Crippen LogP contribution is 2.29. The first-order chi connectivity index (χ1) is 19.3. The lowest BCUT2D eigenvalue weighted by Gasteiger charge is -2.44. The fourth-order valence-electron chi connectivity index (χ4n) is 5.25. The molecule has 0 N–H and O–H groups in total. The van der Waals surface area contributed by atoms with Gasteiger partial charge in [-0.15, -0.1) is 0 Å². The van der Waals surface area contributed by atoms with Crippen LogP contribution in [0.25, 0.3) is 0 Å². The van der Waals surface area contributed by atoms with Crippen molar-refractivity contribution < 1.29 is 33.4 Å². The average molecular weight is 589 g/mol.